The molecule has 1 fully saturated rings. The fraction of sp³-hybridized carbons (Fsp3) is 0.846. The SMILES string of the molecule is CN(C(=O)CCN1CCCCC1)C(C)(C)C(=O)O. The Morgan fingerprint density at radius 2 is 1.78 bits per heavy atom. The highest BCUT2D eigenvalue weighted by molar-refractivity contribution is 5.86. The second-order valence-corrected chi connectivity index (χ2v) is 5.47. The summed E-state index contributed by atoms with van der Waals surface area (Å²) < 4.78 is 0. The van der Waals surface area contributed by atoms with E-state index in [-0.39, 0.29) is 5.91 Å². The number of hydrogen-bond donors (Lipinski definition) is 1. The summed E-state index contributed by atoms with van der Waals surface area (Å²) in [5.74, 6) is -1.08. The van der Waals surface area contributed by atoms with Gasteiger partial charge < -0.3 is 14.9 Å². The number of likely N-dealkylation sites (N-methyl/N-ethyl adjacent to an activating group) is 1. The molecule has 1 amide bonds. The molecule has 0 aromatic heterocycles. The lowest BCUT2D eigenvalue weighted by molar-refractivity contribution is -0.155. The first kappa shape index (κ1) is 15.0. The van der Waals surface area contributed by atoms with Crippen molar-refractivity contribution in [3.63, 3.8) is 0 Å². The molecule has 1 aliphatic rings. The van der Waals surface area contributed by atoms with Gasteiger partial charge in [0, 0.05) is 20.0 Å². The van der Waals surface area contributed by atoms with E-state index in [0.717, 1.165) is 19.6 Å². The molecule has 104 valence electrons. The molecule has 1 N–H and O–H groups in total. The van der Waals surface area contributed by atoms with E-state index >= 15 is 0 Å². The Balaban J connectivity index is 2.42. The largest absolute Gasteiger partial charge is 0.480 e. The van der Waals surface area contributed by atoms with Crippen LogP contribution in [0.5, 0.6) is 0 Å². The highest BCUT2D eigenvalue weighted by atomic mass is 16.4. The van der Waals surface area contributed by atoms with E-state index < -0.39 is 11.5 Å². The van der Waals surface area contributed by atoms with Crippen molar-refractivity contribution in [2.24, 2.45) is 0 Å². The standard InChI is InChI=1S/C13H24N2O3/c1-13(2,12(17)18)14(3)11(16)7-10-15-8-5-4-6-9-15/h4-10H2,1-3H3,(H,17,18). The van der Waals surface area contributed by atoms with E-state index in [4.69, 9.17) is 5.11 Å². The molecule has 0 aromatic carbocycles. The van der Waals surface area contributed by atoms with E-state index in [0.29, 0.717) is 6.42 Å². The lowest BCUT2D eigenvalue weighted by atomic mass is 10.0. The van der Waals surface area contributed by atoms with Crippen LogP contribution in [0.25, 0.3) is 0 Å². The van der Waals surface area contributed by atoms with Crippen LogP contribution in [0.4, 0.5) is 0 Å². The highest BCUT2D eigenvalue weighted by Crippen LogP contribution is 2.15. The first-order valence-corrected chi connectivity index (χ1v) is 6.58. The number of carboxylic acid groups (broad SMARTS) is 1. The van der Waals surface area contributed by atoms with Crippen molar-refractivity contribution >= 4 is 11.9 Å². The molecule has 0 unspecified atom stereocenters. The van der Waals surface area contributed by atoms with Crippen LogP contribution in [0.15, 0.2) is 0 Å². The summed E-state index contributed by atoms with van der Waals surface area (Å²) >= 11 is 0. The van der Waals surface area contributed by atoms with Crippen LogP contribution >= 0.6 is 0 Å². The zero-order valence-corrected chi connectivity index (χ0v) is 11.6. The molecule has 0 aliphatic carbocycles. The first-order valence-electron chi connectivity index (χ1n) is 6.58. The third kappa shape index (κ3) is 3.70. The number of aliphatic carboxylic acids is 1. The lowest BCUT2D eigenvalue weighted by Crippen LogP contribution is -2.51. The molecule has 0 radical (unpaired) electrons. The highest BCUT2D eigenvalue weighted by Gasteiger charge is 2.34. The Hall–Kier alpha value is -1.10. The Kier molecular flexibility index (Phi) is 5.14. The molecule has 1 heterocycles. The van der Waals surface area contributed by atoms with Crippen molar-refractivity contribution in [2.75, 3.05) is 26.7 Å². The van der Waals surface area contributed by atoms with Gasteiger partial charge in [-0.05, 0) is 39.8 Å². The predicted octanol–water partition coefficient (Wildman–Crippen LogP) is 1.18. The van der Waals surface area contributed by atoms with Gasteiger partial charge in [0.2, 0.25) is 5.91 Å². The van der Waals surface area contributed by atoms with Gasteiger partial charge in [-0.3, -0.25) is 4.79 Å². The third-order valence-electron chi connectivity index (χ3n) is 3.83. The average Bonchev–Trinajstić information content (AvgIpc) is 2.36. The number of nitrogens with zero attached hydrogens (tertiary/aromatic N) is 2. The van der Waals surface area contributed by atoms with Crippen LogP contribution in [-0.2, 0) is 9.59 Å². The summed E-state index contributed by atoms with van der Waals surface area (Å²) in [5, 5.41) is 9.07. The number of rotatable bonds is 5. The topological polar surface area (TPSA) is 60.9 Å². The monoisotopic (exact) mass is 256 g/mol. The van der Waals surface area contributed by atoms with Gasteiger partial charge in [-0.25, -0.2) is 4.79 Å². The summed E-state index contributed by atoms with van der Waals surface area (Å²) in [7, 11) is 1.56. The Bertz CT molecular complexity index is 309. The molecule has 5 heteroatoms. The maximum Gasteiger partial charge on any atom is 0.329 e. The van der Waals surface area contributed by atoms with E-state index in [1.165, 1.54) is 24.2 Å². The van der Waals surface area contributed by atoms with Gasteiger partial charge in [-0.15, -0.1) is 0 Å². The second kappa shape index (κ2) is 6.18. The van der Waals surface area contributed by atoms with Crippen LogP contribution in [0.3, 0.4) is 0 Å². The second-order valence-electron chi connectivity index (χ2n) is 5.47. The van der Waals surface area contributed by atoms with Gasteiger partial charge in [0.05, 0.1) is 0 Å². The van der Waals surface area contributed by atoms with Gasteiger partial charge >= 0.3 is 5.97 Å². The van der Waals surface area contributed by atoms with Crippen LogP contribution in [0.1, 0.15) is 39.5 Å². The normalized spacial score (nSPS) is 17.5. The van der Waals surface area contributed by atoms with Crippen molar-refractivity contribution in [1.82, 2.24) is 9.80 Å². The minimum atomic E-state index is -1.14. The smallest absolute Gasteiger partial charge is 0.329 e. The van der Waals surface area contributed by atoms with Crippen LogP contribution in [0, 0.1) is 0 Å². The number of likely N-dealkylation sites (tertiary alicyclic amines) is 1. The maximum atomic E-state index is 12.0. The van der Waals surface area contributed by atoms with E-state index in [9.17, 15) is 9.59 Å². The summed E-state index contributed by atoms with van der Waals surface area (Å²) in [4.78, 5) is 26.7. The predicted molar refractivity (Wildman–Crippen MR) is 69.4 cm³/mol. The number of piperidine rings is 1. The molecule has 0 saturated carbocycles. The van der Waals surface area contributed by atoms with Crippen molar-refractivity contribution in [3.05, 3.63) is 0 Å². The van der Waals surface area contributed by atoms with Crippen LogP contribution in [-0.4, -0.2) is 59.0 Å². The number of carbonyl (C=O) groups excluding carboxylic acids is 1. The van der Waals surface area contributed by atoms with Crippen LogP contribution < -0.4 is 0 Å². The Labute approximate surface area is 109 Å². The molecular weight excluding hydrogens is 232 g/mol. The van der Waals surface area contributed by atoms with Crippen molar-refractivity contribution < 1.29 is 14.7 Å². The molecule has 1 saturated heterocycles. The summed E-state index contributed by atoms with van der Waals surface area (Å²) in [6.07, 6.45) is 4.07. The number of amides is 1. The molecule has 0 aromatic rings. The molecule has 1 rings (SSSR count). The molecular formula is C13H24N2O3. The third-order valence-corrected chi connectivity index (χ3v) is 3.83. The molecule has 1 aliphatic heterocycles. The zero-order valence-electron chi connectivity index (χ0n) is 11.6. The summed E-state index contributed by atoms with van der Waals surface area (Å²) in [6, 6.07) is 0. The minimum Gasteiger partial charge on any atom is -0.480 e. The first-order chi connectivity index (χ1) is 8.35. The van der Waals surface area contributed by atoms with Crippen molar-refractivity contribution in [1.29, 1.82) is 0 Å². The van der Waals surface area contributed by atoms with E-state index in [1.54, 1.807) is 20.9 Å². The van der Waals surface area contributed by atoms with Gasteiger partial charge in [-0.1, -0.05) is 6.42 Å². The minimum absolute atomic E-state index is 0.104. The van der Waals surface area contributed by atoms with Crippen LogP contribution in [0.2, 0.25) is 0 Å². The summed E-state index contributed by atoms with van der Waals surface area (Å²) in [6.45, 7) is 5.94. The number of carbonyl (C=O) groups is 2. The van der Waals surface area contributed by atoms with E-state index in [2.05, 4.69) is 4.90 Å². The Morgan fingerprint density at radius 1 is 1.22 bits per heavy atom. The van der Waals surface area contributed by atoms with Crippen molar-refractivity contribution in [2.45, 2.75) is 45.1 Å². The molecule has 0 spiro atoms. The van der Waals surface area contributed by atoms with E-state index in [1.807, 2.05) is 0 Å². The molecule has 0 bridgehead atoms. The summed E-state index contributed by atoms with van der Waals surface area (Å²) in [5.41, 5.74) is -1.14. The fourth-order valence-corrected chi connectivity index (χ4v) is 2.06. The molecule has 0 atom stereocenters. The maximum absolute atomic E-state index is 12.0. The lowest BCUT2D eigenvalue weighted by Gasteiger charge is -2.33. The number of hydrogen-bond acceptors (Lipinski definition) is 3. The quantitative estimate of drug-likeness (QED) is 0.802. The van der Waals surface area contributed by atoms with Gasteiger partial charge in [0.1, 0.15) is 5.54 Å². The molecule has 18 heavy (non-hydrogen) atoms. The van der Waals surface area contributed by atoms with Crippen molar-refractivity contribution in [3.8, 4) is 0 Å². The average molecular weight is 256 g/mol. The van der Waals surface area contributed by atoms with Gasteiger partial charge in [0.25, 0.3) is 0 Å². The molecule has 5 nitrogen and oxygen atoms in total. The zero-order chi connectivity index (χ0) is 13.8. The number of carboxylic acids is 1. The Morgan fingerprint density at radius 3 is 2.28 bits per heavy atom. The fourth-order valence-electron chi connectivity index (χ4n) is 2.06. The van der Waals surface area contributed by atoms with Gasteiger partial charge in [0.15, 0.2) is 0 Å². The van der Waals surface area contributed by atoms with Gasteiger partial charge in [-0.2, -0.15) is 0 Å².